The van der Waals surface area contributed by atoms with Crippen LogP contribution >= 0.6 is 0 Å². The summed E-state index contributed by atoms with van der Waals surface area (Å²) in [4.78, 5) is 11.4. The molecule has 1 atom stereocenters. The molecule has 0 amide bonds. The van der Waals surface area contributed by atoms with Gasteiger partial charge >= 0.3 is 0 Å². The average molecular weight is 346 g/mol. The molecule has 1 saturated heterocycles. The van der Waals surface area contributed by atoms with Gasteiger partial charge in [-0.05, 0) is 32.3 Å². The SMILES string of the molecule is Cc1nnc(N2CCC(Nc3ccnc(C4CC4)n3)C2)c2ccccc12. The van der Waals surface area contributed by atoms with Gasteiger partial charge in [-0.25, -0.2) is 9.97 Å². The molecule has 3 heterocycles. The van der Waals surface area contributed by atoms with Crippen LogP contribution in [0.5, 0.6) is 0 Å². The van der Waals surface area contributed by atoms with Crippen molar-refractivity contribution in [3.63, 3.8) is 0 Å². The van der Waals surface area contributed by atoms with E-state index in [9.17, 15) is 0 Å². The lowest BCUT2D eigenvalue weighted by molar-refractivity contribution is 0.792. The van der Waals surface area contributed by atoms with Gasteiger partial charge in [0.05, 0.1) is 5.69 Å². The first-order valence-corrected chi connectivity index (χ1v) is 9.34. The summed E-state index contributed by atoms with van der Waals surface area (Å²) in [5.41, 5.74) is 0.979. The fourth-order valence-corrected chi connectivity index (χ4v) is 3.73. The summed E-state index contributed by atoms with van der Waals surface area (Å²) in [5.74, 6) is 3.48. The lowest BCUT2D eigenvalue weighted by Gasteiger charge is -2.20. The van der Waals surface area contributed by atoms with Crippen molar-refractivity contribution in [2.24, 2.45) is 0 Å². The van der Waals surface area contributed by atoms with Crippen LogP contribution in [-0.2, 0) is 0 Å². The second-order valence-electron chi connectivity index (χ2n) is 7.30. The number of nitrogens with one attached hydrogen (secondary N) is 1. The number of anilines is 2. The van der Waals surface area contributed by atoms with Crippen LogP contribution in [0, 0.1) is 6.92 Å². The normalized spacial score (nSPS) is 19.9. The molecule has 5 rings (SSSR count). The number of hydrogen-bond donors (Lipinski definition) is 1. The first-order valence-electron chi connectivity index (χ1n) is 9.34. The van der Waals surface area contributed by atoms with Crippen LogP contribution in [-0.4, -0.2) is 39.3 Å². The van der Waals surface area contributed by atoms with Gasteiger partial charge in [0.2, 0.25) is 0 Å². The molecule has 0 bridgehead atoms. The van der Waals surface area contributed by atoms with Gasteiger partial charge in [-0.2, -0.15) is 5.10 Å². The average Bonchev–Trinajstić information content (AvgIpc) is 3.43. The van der Waals surface area contributed by atoms with Crippen molar-refractivity contribution in [2.75, 3.05) is 23.3 Å². The first kappa shape index (κ1) is 15.5. The maximum atomic E-state index is 4.69. The van der Waals surface area contributed by atoms with Gasteiger partial charge in [0.15, 0.2) is 5.82 Å². The van der Waals surface area contributed by atoms with E-state index in [1.165, 1.54) is 23.6 Å². The maximum Gasteiger partial charge on any atom is 0.159 e. The van der Waals surface area contributed by atoms with Gasteiger partial charge in [-0.15, -0.1) is 5.10 Å². The fourth-order valence-electron chi connectivity index (χ4n) is 3.73. The number of rotatable bonds is 4. The van der Waals surface area contributed by atoms with E-state index >= 15 is 0 Å². The molecule has 1 N–H and O–H groups in total. The lowest BCUT2D eigenvalue weighted by Crippen LogP contribution is -2.27. The van der Waals surface area contributed by atoms with E-state index in [4.69, 9.17) is 0 Å². The van der Waals surface area contributed by atoms with E-state index in [1.54, 1.807) is 0 Å². The van der Waals surface area contributed by atoms with E-state index in [0.29, 0.717) is 12.0 Å². The Morgan fingerprint density at radius 2 is 1.88 bits per heavy atom. The molecule has 132 valence electrons. The Bertz CT molecular complexity index is 952. The van der Waals surface area contributed by atoms with Crippen molar-refractivity contribution in [2.45, 2.75) is 38.1 Å². The Hall–Kier alpha value is -2.76. The molecule has 2 fully saturated rings. The Kier molecular flexibility index (Phi) is 3.69. The largest absolute Gasteiger partial charge is 0.365 e. The van der Waals surface area contributed by atoms with E-state index in [-0.39, 0.29) is 0 Å². The minimum Gasteiger partial charge on any atom is -0.365 e. The number of fused-ring (bicyclic) bond motifs is 1. The summed E-state index contributed by atoms with van der Waals surface area (Å²) in [6, 6.07) is 10.7. The molecule has 6 nitrogen and oxygen atoms in total. The standard InChI is InChI=1S/C20H22N6/c1-13-16-4-2-3-5-17(16)20(25-24-13)26-11-9-15(12-26)22-18-8-10-21-19(23-18)14-6-7-14/h2-5,8,10,14-15H,6-7,9,11-12H2,1H3,(H,21,22,23). The predicted molar refractivity (Wildman–Crippen MR) is 103 cm³/mol. The zero-order valence-corrected chi connectivity index (χ0v) is 14.9. The second-order valence-corrected chi connectivity index (χ2v) is 7.30. The monoisotopic (exact) mass is 346 g/mol. The van der Waals surface area contributed by atoms with Crippen LogP contribution in [0.1, 0.15) is 36.7 Å². The van der Waals surface area contributed by atoms with E-state index in [1.807, 2.05) is 19.2 Å². The third-order valence-electron chi connectivity index (χ3n) is 5.31. The quantitative estimate of drug-likeness (QED) is 0.782. The summed E-state index contributed by atoms with van der Waals surface area (Å²) in [5, 5.41) is 14.8. The van der Waals surface area contributed by atoms with E-state index < -0.39 is 0 Å². The highest BCUT2D eigenvalue weighted by atomic mass is 15.3. The molecule has 0 radical (unpaired) electrons. The van der Waals surface area contributed by atoms with Gasteiger partial charge < -0.3 is 10.2 Å². The number of nitrogens with zero attached hydrogens (tertiary/aromatic N) is 5. The van der Waals surface area contributed by atoms with E-state index in [0.717, 1.165) is 42.7 Å². The molecule has 1 aliphatic carbocycles. The van der Waals surface area contributed by atoms with Gasteiger partial charge in [-0.3, -0.25) is 0 Å². The molecular weight excluding hydrogens is 324 g/mol. The van der Waals surface area contributed by atoms with Crippen LogP contribution in [0.4, 0.5) is 11.6 Å². The van der Waals surface area contributed by atoms with Crippen molar-refractivity contribution in [1.82, 2.24) is 20.2 Å². The number of benzene rings is 1. The zero-order valence-electron chi connectivity index (χ0n) is 14.9. The Labute approximate surface area is 152 Å². The van der Waals surface area contributed by atoms with Gasteiger partial charge in [0, 0.05) is 42.0 Å². The lowest BCUT2D eigenvalue weighted by atomic mass is 10.1. The minimum absolute atomic E-state index is 0.360. The topological polar surface area (TPSA) is 66.8 Å². The molecule has 2 aromatic heterocycles. The molecule has 0 spiro atoms. The molecular formula is C20H22N6. The Morgan fingerprint density at radius 3 is 2.73 bits per heavy atom. The Balaban J connectivity index is 1.35. The van der Waals surface area contributed by atoms with Crippen LogP contribution in [0.25, 0.3) is 10.8 Å². The summed E-state index contributed by atoms with van der Waals surface area (Å²) in [7, 11) is 0. The predicted octanol–water partition coefficient (Wildman–Crippen LogP) is 3.30. The molecule has 1 aromatic carbocycles. The summed E-state index contributed by atoms with van der Waals surface area (Å²) < 4.78 is 0. The second kappa shape index (κ2) is 6.20. The van der Waals surface area contributed by atoms with Crippen molar-refractivity contribution in [1.29, 1.82) is 0 Å². The van der Waals surface area contributed by atoms with Crippen molar-refractivity contribution < 1.29 is 0 Å². The molecule has 1 saturated carbocycles. The first-order chi connectivity index (χ1) is 12.8. The Morgan fingerprint density at radius 1 is 1.04 bits per heavy atom. The van der Waals surface area contributed by atoms with Crippen LogP contribution < -0.4 is 10.2 Å². The summed E-state index contributed by atoms with van der Waals surface area (Å²) in [6.45, 7) is 3.89. The smallest absolute Gasteiger partial charge is 0.159 e. The van der Waals surface area contributed by atoms with Crippen molar-refractivity contribution >= 4 is 22.4 Å². The molecule has 3 aromatic rings. The molecule has 26 heavy (non-hydrogen) atoms. The minimum atomic E-state index is 0.360. The van der Waals surface area contributed by atoms with Crippen molar-refractivity contribution in [3.05, 3.63) is 48.0 Å². The van der Waals surface area contributed by atoms with Crippen molar-refractivity contribution in [3.8, 4) is 0 Å². The van der Waals surface area contributed by atoms with Crippen LogP contribution in [0.15, 0.2) is 36.5 Å². The number of aryl methyl sites for hydroxylation is 1. The van der Waals surface area contributed by atoms with Crippen LogP contribution in [0.2, 0.25) is 0 Å². The highest BCUT2D eigenvalue weighted by Gasteiger charge is 2.28. The van der Waals surface area contributed by atoms with Gasteiger partial charge in [-0.1, -0.05) is 24.3 Å². The fraction of sp³-hybridized carbons (Fsp3) is 0.400. The zero-order chi connectivity index (χ0) is 17.5. The number of hydrogen-bond acceptors (Lipinski definition) is 6. The third kappa shape index (κ3) is 2.85. The molecule has 1 aliphatic heterocycles. The van der Waals surface area contributed by atoms with Crippen LogP contribution in [0.3, 0.4) is 0 Å². The molecule has 1 unspecified atom stereocenters. The van der Waals surface area contributed by atoms with E-state index in [2.05, 4.69) is 54.6 Å². The maximum absolute atomic E-state index is 4.69. The molecule has 2 aliphatic rings. The number of aromatic nitrogens is 4. The van der Waals surface area contributed by atoms with Gasteiger partial charge in [0.25, 0.3) is 0 Å². The molecule has 6 heteroatoms. The highest BCUT2D eigenvalue weighted by molar-refractivity contribution is 5.93. The summed E-state index contributed by atoms with van der Waals surface area (Å²) in [6.07, 6.45) is 5.38. The summed E-state index contributed by atoms with van der Waals surface area (Å²) >= 11 is 0. The van der Waals surface area contributed by atoms with Gasteiger partial charge in [0.1, 0.15) is 11.6 Å². The third-order valence-corrected chi connectivity index (χ3v) is 5.31. The highest BCUT2D eigenvalue weighted by Crippen LogP contribution is 2.38.